The van der Waals surface area contributed by atoms with Gasteiger partial charge in [-0.3, -0.25) is 0 Å². The zero-order valence-electron chi connectivity index (χ0n) is 9.78. The highest BCUT2D eigenvalue weighted by atomic mass is 35.5. The summed E-state index contributed by atoms with van der Waals surface area (Å²) in [6, 6.07) is 12.1. The van der Waals surface area contributed by atoms with Crippen LogP contribution < -0.4 is 5.32 Å². The van der Waals surface area contributed by atoms with Gasteiger partial charge in [0.25, 0.3) is 0 Å². The largest absolute Gasteiger partial charge is 0.365 e. The van der Waals surface area contributed by atoms with Crippen molar-refractivity contribution in [3.05, 3.63) is 58.7 Å². The number of anilines is 1. The van der Waals surface area contributed by atoms with Crippen molar-refractivity contribution < 1.29 is 0 Å². The molecule has 0 saturated heterocycles. The number of halogens is 1. The van der Waals surface area contributed by atoms with E-state index in [0.29, 0.717) is 5.02 Å². The van der Waals surface area contributed by atoms with Gasteiger partial charge in [0, 0.05) is 12.7 Å². The first-order valence-electron chi connectivity index (χ1n) is 5.72. The minimum Gasteiger partial charge on any atom is -0.365 e. The van der Waals surface area contributed by atoms with E-state index in [1.807, 2.05) is 12.1 Å². The highest BCUT2D eigenvalue weighted by molar-refractivity contribution is 6.32. The average molecular weight is 247 g/mol. The Kier molecular flexibility index (Phi) is 3.99. The van der Waals surface area contributed by atoms with Crippen LogP contribution in [0, 0.1) is 0 Å². The predicted molar refractivity (Wildman–Crippen MR) is 72.4 cm³/mol. The van der Waals surface area contributed by atoms with Crippen molar-refractivity contribution in [2.45, 2.75) is 19.9 Å². The number of aryl methyl sites for hydroxylation is 1. The summed E-state index contributed by atoms with van der Waals surface area (Å²) >= 11 is 6.04. The summed E-state index contributed by atoms with van der Waals surface area (Å²) in [4.78, 5) is 4.21. The molecule has 0 radical (unpaired) electrons. The fourth-order valence-electron chi connectivity index (χ4n) is 1.77. The molecule has 0 spiro atoms. The van der Waals surface area contributed by atoms with Crippen LogP contribution in [0.5, 0.6) is 0 Å². The summed E-state index contributed by atoms with van der Waals surface area (Å²) in [5.74, 6) is 0.736. The second-order valence-electron chi connectivity index (χ2n) is 3.81. The number of nitrogens with one attached hydrogen (secondary N) is 1. The van der Waals surface area contributed by atoms with Gasteiger partial charge in [0.15, 0.2) is 0 Å². The van der Waals surface area contributed by atoms with Crippen molar-refractivity contribution in [2.75, 3.05) is 5.32 Å². The van der Waals surface area contributed by atoms with Gasteiger partial charge in [-0.15, -0.1) is 0 Å². The van der Waals surface area contributed by atoms with Gasteiger partial charge in [0.1, 0.15) is 5.82 Å². The first-order chi connectivity index (χ1) is 8.31. The lowest BCUT2D eigenvalue weighted by Gasteiger charge is -2.10. The molecule has 2 nitrogen and oxygen atoms in total. The lowest BCUT2D eigenvalue weighted by atomic mass is 10.1. The number of pyridine rings is 1. The molecular formula is C14H15ClN2. The van der Waals surface area contributed by atoms with Gasteiger partial charge < -0.3 is 5.32 Å². The lowest BCUT2D eigenvalue weighted by molar-refractivity contribution is 1.03. The maximum Gasteiger partial charge on any atom is 0.145 e. The molecule has 88 valence electrons. The second kappa shape index (κ2) is 5.69. The molecule has 0 aliphatic carbocycles. The van der Waals surface area contributed by atoms with Crippen LogP contribution in [0.1, 0.15) is 18.1 Å². The van der Waals surface area contributed by atoms with Crippen molar-refractivity contribution in [2.24, 2.45) is 0 Å². The molecule has 1 aromatic heterocycles. The van der Waals surface area contributed by atoms with E-state index in [1.54, 1.807) is 6.20 Å². The van der Waals surface area contributed by atoms with Crippen molar-refractivity contribution in [3.63, 3.8) is 0 Å². The number of nitrogens with zero attached hydrogens (tertiary/aromatic N) is 1. The van der Waals surface area contributed by atoms with Crippen molar-refractivity contribution >= 4 is 17.4 Å². The number of aromatic nitrogens is 1. The summed E-state index contributed by atoms with van der Waals surface area (Å²) in [5.41, 5.74) is 2.64. The predicted octanol–water partition coefficient (Wildman–Crippen LogP) is 3.91. The molecule has 0 aliphatic heterocycles. The van der Waals surface area contributed by atoms with Crippen molar-refractivity contribution in [1.82, 2.24) is 4.98 Å². The summed E-state index contributed by atoms with van der Waals surface area (Å²) in [6.45, 7) is 2.91. The van der Waals surface area contributed by atoms with Crippen molar-refractivity contribution in [1.29, 1.82) is 0 Å². The Morgan fingerprint density at radius 2 is 1.88 bits per heavy atom. The molecule has 2 rings (SSSR count). The van der Waals surface area contributed by atoms with E-state index in [2.05, 4.69) is 41.5 Å². The summed E-state index contributed by atoms with van der Waals surface area (Å²) in [6.07, 6.45) is 2.77. The van der Waals surface area contributed by atoms with Crippen LogP contribution in [0.2, 0.25) is 5.02 Å². The maximum absolute atomic E-state index is 6.04. The fraction of sp³-hybridized carbons (Fsp3) is 0.214. The molecule has 0 aliphatic rings. The third kappa shape index (κ3) is 2.98. The number of hydrogen-bond donors (Lipinski definition) is 1. The summed E-state index contributed by atoms with van der Waals surface area (Å²) < 4.78 is 0. The molecule has 3 heteroatoms. The van der Waals surface area contributed by atoms with E-state index in [4.69, 9.17) is 11.6 Å². The van der Waals surface area contributed by atoms with Gasteiger partial charge in [0.2, 0.25) is 0 Å². The van der Waals surface area contributed by atoms with Gasteiger partial charge in [-0.05, 0) is 29.7 Å². The van der Waals surface area contributed by atoms with Gasteiger partial charge in [-0.25, -0.2) is 4.98 Å². The van der Waals surface area contributed by atoms with E-state index in [-0.39, 0.29) is 0 Å². The standard InChI is InChI=1S/C14H15ClN2/c1-2-11-6-3-4-7-12(11)10-17-14-13(15)8-5-9-16-14/h3-9H,2,10H2,1H3,(H,16,17). The molecular weight excluding hydrogens is 232 g/mol. The van der Waals surface area contributed by atoms with Crippen LogP contribution in [0.15, 0.2) is 42.6 Å². The topological polar surface area (TPSA) is 24.9 Å². The molecule has 1 heterocycles. The van der Waals surface area contributed by atoms with Gasteiger partial charge in [0.05, 0.1) is 5.02 Å². The Balaban J connectivity index is 2.10. The first kappa shape index (κ1) is 11.9. The molecule has 0 amide bonds. The minimum atomic E-state index is 0.654. The average Bonchev–Trinajstić information content (AvgIpc) is 2.38. The molecule has 0 bridgehead atoms. The Morgan fingerprint density at radius 3 is 2.59 bits per heavy atom. The Hall–Kier alpha value is -1.54. The van der Waals surface area contributed by atoms with Crippen LogP contribution in [-0.2, 0) is 13.0 Å². The monoisotopic (exact) mass is 246 g/mol. The third-order valence-corrected chi connectivity index (χ3v) is 3.01. The summed E-state index contributed by atoms with van der Waals surface area (Å²) in [5, 5.41) is 3.92. The molecule has 17 heavy (non-hydrogen) atoms. The SMILES string of the molecule is CCc1ccccc1CNc1ncccc1Cl. The third-order valence-electron chi connectivity index (χ3n) is 2.70. The smallest absolute Gasteiger partial charge is 0.145 e. The molecule has 0 fully saturated rings. The van der Waals surface area contributed by atoms with Crippen molar-refractivity contribution in [3.8, 4) is 0 Å². The van der Waals surface area contributed by atoms with Crippen LogP contribution >= 0.6 is 11.6 Å². The van der Waals surface area contributed by atoms with E-state index in [0.717, 1.165) is 18.8 Å². The normalized spacial score (nSPS) is 10.2. The molecule has 2 aromatic rings. The van der Waals surface area contributed by atoms with Crippen LogP contribution in [0.25, 0.3) is 0 Å². The van der Waals surface area contributed by atoms with E-state index >= 15 is 0 Å². The Labute approximate surface area is 107 Å². The summed E-state index contributed by atoms with van der Waals surface area (Å²) in [7, 11) is 0. The molecule has 0 unspecified atom stereocenters. The van der Waals surface area contributed by atoms with Crippen LogP contribution in [0.4, 0.5) is 5.82 Å². The molecule has 1 N–H and O–H groups in total. The quantitative estimate of drug-likeness (QED) is 0.885. The molecule has 1 aromatic carbocycles. The van der Waals surface area contributed by atoms with Crippen LogP contribution in [0.3, 0.4) is 0 Å². The molecule has 0 saturated carbocycles. The number of hydrogen-bond acceptors (Lipinski definition) is 2. The van der Waals surface area contributed by atoms with E-state index in [9.17, 15) is 0 Å². The minimum absolute atomic E-state index is 0.654. The second-order valence-corrected chi connectivity index (χ2v) is 4.22. The van der Waals surface area contributed by atoms with Gasteiger partial charge >= 0.3 is 0 Å². The van der Waals surface area contributed by atoms with Crippen LogP contribution in [-0.4, -0.2) is 4.98 Å². The van der Waals surface area contributed by atoms with E-state index < -0.39 is 0 Å². The Morgan fingerprint density at radius 1 is 1.12 bits per heavy atom. The zero-order valence-corrected chi connectivity index (χ0v) is 10.5. The van der Waals surface area contributed by atoms with E-state index in [1.165, 1.54) is 11.1 Å². The molecule has 0 atom stereocenters. The zero-order chi connectivity index (χ0) is 12.1. The Bertz CT molecular complexity index is 497. The number of rotatable bonds is 4. The number of benzene rings is 1. The van der Waals surface area contributed by atoms with Gasteiger partial charge in [-0.2, -0.15) is 0 Å². The fourth-order valence-corrected chi connectivity index (χ4v) is 1.96. The highest BCUT2D eigenvalue weighted by Gasteiger charge is 2.02. The lowest BCUT2D eigenvalue weighted by Crippen LogP contribution is -2.04. The maximum atomic E-state index is 6.04. The van der Waals surface area contributed by atoms with Gasteiger partial charge in [-0.1, -0.05) is 42.8 Å². The first-order valence-corrected chi connectivity index (χ1v) is 6.10. The highest BCUT2D eigenvalue weighted by Crippen LogP contribution is 2.19.